The summed E-state index contributed by atoms with van der Waals surface area (Å²) < 4.78 is 5.52. The Kier molecular flexibility index (Phi) is 4.84. The van der Waals surface area contributed by atoms with Crippen LogP contribution in [0.25, 0.3) is 6.08 Å². The van der Waals surface area contributed by atoms with Gasteiger partial charge in [-0.1, -0.05) is 43.7 Å². The van der Waals surface area contributed by atoms with Crippen molar-refractivity contribution in [2.24, 2.45) is 0 Å². The van der Waals surface area contributed by atoms with Gasteiger partial charge >= 0.3 is 0 Å². The first-order valence-electron chi connectivity index (χ1n) is 5.26. The van der Waals surface area contributed by atoms with Gasteiger partial charge in [-0.2, -0.15) is 0 Å². The number of ether oxygens (including phenoxy) is 1. The van der Waals surface area contributed by atoms with Gasteiger partial charge in [0.1, 0.15) is 5.75 Å². The highest BCUT2D eigenvalue weighted by Gasteiger charge is 1.96. The van der Waals surface area contributed by atoms with Gasteiger partial charge in [0.2, 0.25) is 0 Å². The van der Waals surface area contributed by atoms with E-state index in [1.165, 1.54) is 12.0 Å². The van der Waals surface area contributed by atoms with Gasteiger partial charge < -0.3 is 4.74 Å². The van der Waals surface area contributed by atoms with Crippen molar-refractivity contribution in [1.82, 2.24) is 0 Å². The van der Waals surface area contributed by atoms with Crippen LogP contribution in [-0.2, 0) is 0 Å². The summed E-state index contributed by atoms with van der Waals surface area (Å²) in [5.41, 5.74) is 1.17. The van der Waals surface area contributed by atoms with Crippen LogP contribution in [0.4, 0.5) is 0 Å². The van der Waals surface area contributed by atoms with E-state index in [1.54, 1.807) is 0 Å². The molecular formula is C13H18O. The molecule has 0 N–H and O–H groups in total. The normalized spacial score (nSPS) is 10.7. The van der Waals surface area contributed by atoms with Crippen molar-refractivity contribution in [2.75, 3.05) is 6.61 Å². The summed E-state index contributed by atoms with van der Waals surface area (Å²) in [5.74, 6) is 0.974. The molecule has 1 aromatic rings. The lowest BCUT2D eigenvalue weighted by Crippen LogP contribution is -1.92. The molecule has 0 amide bonds. The predicted octanol–water partition coefficient (Wildman–Crippen LogP) is 3.90. The van der Waals surface area contributed by atoms with Crippen LogP contribution < -0.4 is 4.74 Å². The maximum Gasteiger partial charge on any atom is 0.126 e. The fourth-order valence-corrected chi connectivity index (χ4v) is 1.28. The zero-order chi connectivity index (χ0) is 10.2. The molecule has 0 aromatic heterocycles. The largest absolute Gasteiger partial charge is 0.493 e. The average molecular weight is 190 g/mol. The molecule has 0 aliphatic carbocycles. The second-order valence-electron chi connectivity index (χ2n) is 3.16. The highest BCUT2D eigenvalue weighted by molar-refractivity contribution is 5.56. The molecule has 0 fully saturated rings. The van der Waals surface area contributed by atoms with E-state index in [0.29, 0.717) is 0 Å². The lowest BCUT2D eigenvalue weighted by molar-refractivity contribution is 0.339. The standard InChI is InChI=1S/C13H18O/c1-3-5-6-9-12-10-7-8-11-13(12)14-4-2/h6-11H,3-5H2,1-2H3. The lowest BCUT2D eigenvalue weighted by Gasteiger charge is -2.05. The molecule has 1 nitrogen and oxygen atoms in total. The highest BCUT2D eigenvalue weighted by atomic mass is 16.5. The van der Waals surface area contributed by atoms with Crippen molar-refractivity contribution < 1.29 is 4.74 Å². The van der Waals surface area contributed by atoms with E-state index >= 15 is 0 Å². The van der Waals surface area contributed by atoms with Gasteiger partial charge in [-0.05, 0) is 19.4 Å². The third-order valence-electron chi connectivity index (χ3n) is 1.97. The average Bonchev–Trinajstić information content (AvgIpc) is 2.21. The fourth-order valence-electron chi connectivity index (χ4n) is 1.28. The second-order valence-corrected chi connectivity index (χ2v) is 3.16. The second kappa shape index (κ2) is 6.25. The summed E-state index contributed by atoms with van der Waals surface area (Å²) in [6, 6.07) is 8.13. The molecule has 1 aromatic carbocycles. The molecule has 0 bridgehead atoms. The molecule has 0 atom stereocenters. The summed E-state index contributed by atoms with van der Waals surface area (Å²) in [6.07, 6.45) is 6.64. The van der Waals surface area contributed by atoms with Crippen LogP contribution in [0.3, 0.4) is 0 Å². The Morgan fingerprint density at radius 2 is 2.00 bits per heavy atom. The van der Waals surface area contributed by atoms with Crippen molar-refractivity contribution in [3.05, 3.63) is 35.9 Å². The first-order chi connectivity index (χ1) is 6.88. The summed E-state index contributed by atoms with van der Waals surface area (Å²) in [4.78, 5) is 0. The van der Waals surface area contributed by atoms with Crippen LogP contribution in [0.2, 0.25) is 0 Å². The number of para-hydroxylation sites is 1. The minimum Gasteiger partial charge on any atom is -0.493 e. The molecule has 0 heterocycles. The molecule has 14 heavy (non-hydrogen) atoms. The third-order valence-corrected chi connectivity index (χ3v) is 1.97. The lowest BCUT2D eigenvalue weighted by atomic mass is 10.1. The van der Waals surface area contributed by atoms with Gasteiger partial charge in [0, 0.05) is 5.56 Å². The molecule has 0 aliphatic heterocycles. The summed E-state index contributed by atoms with van der Waals surface area (Å²) in [7, 11) is 0. The molecule has 0 saturated carbocycles. The zero-order valence-electron chi connectivity index (χ0n) is 8.99. The number of allylic oxidation sites excluding steroid dienone is 1. The monoisotopic (exact) mass is 190 g/mol. The van der Waals surface area contributed by atoms with E-state index in [0.717, 1.165) is 18.8 Å². The van der Waals surface area contributed by atoms with E-state index in [-0.39, 0.29) is 0 Å². The van der Waals surface area contributed by atoms with E-state index < -0.39 is 0 Å². The minimum absolute atomic E-state index is 0.721. The van der Waals surface area contributed by atoms with Gasteiger partial charge in [0.05, 0.1) is 6.61 Å². The van der Waals surface area contributed by atoms with Gasteiger partial charge in [0.15, 0.2) is 0 Å². The molecule has 0 unspecified atom stereocenters. The van der Waals surface area contributed by atoms with Gasteiger partial charge in [0.25, 0.3) is 0 Å². The molecule has 1 rings (SSSR count). The van der Waals surface area contributed by atoms with Crippen LogP contribution in [-0.4, -0.2) is 6.61 Å². The molecule has 0 aliphatic rings. The maximum absolute atomic E-state index is 5.52. The van der Waals surface area contributed by atoms with Crippen molar-refractivity contribution in [1.29, 1.82) is 0 Å². The number of hydrogen-bond acceptors (Lipinski definition) is 1. The maximum atomic E-state index is 5.52. The molecule has 0 spiro atoms. The summed E-state index contributed by atoms with van der Waals surface area (Å²) in [5, 5.41) is 0. The Bertz CT molecular complexity index is 289. The Balaban J connectivity index is 2.73. The Morgan fingerprint density at radius 1 is 1.21 bits per heavy atom. The van der Waals surface area contributed by atoms with Crippen LogP contribution in [0.1, 0.15) is 32.3 Å². The summed E-state index contributed by atoms with van der Waals surface area (Å²) >= 11 is 0. The topological polar surface area (TPSA) is 9.23 Å². The Labute approximate surface area is 86.4 Å². The van der Waals surface area contributed by atoms with E-state index in [1.807, 2.05) is 25.1 Å². The van der Waals surface area contributed by atoms with E-state index in [2.05, 4.69) is 25.1 Å². The Morgan fingerprint density at radius 3 is 2.71 bits per heavy atom. The van der Waals surface area contributed by atoms with Crippen LogP contribution in [0.15, 0.2) is 30.3 Å². The minimum atomic E-state index is 0.721. The van der Waals surface area contributed by atoms with Crippen molar-refractivity contribution in [2.45, 2.75) is 26.7 Å². The fraction of sp³-hybridized carbons (Fsp3) is 0.385. The molecule has 76 valence electrons. The van der Waals surface area contributed by atoms with Crippen molar-refractivity contribution in [3.8, 4) is 5.75 Å². The quantitative estimate of drug-likeness (QED) is 0.684. The summed E-state index contributed by atoms with van der Waals surface area (Å²) in [6.45, 7) is 4.91. The van der Waals surface area contributed by atoms with Gasteiger partial charge in [-0.25, -0.2) is 0 Å². The molecule has 0 radical (unpaired) electrons. The highest BCUT2D eigenvalue weighted by Crippen LogP contribution is 2.19. The van der Waals surface area contributed by atoms with E-state index in [4.69, 9.17) is 4.74 Å². The SMILES string of the molecule is CCCC=Cc1ccccc1OCC. The molecular weight excluding hydrogens is 172 g/mol. The van der Waals surface area contributed by atoms with Crippen LogP contribution >= 0.6 is 0 Å². The van der Waals surface area contributed by atoms with Crippen LogP contribution in [0, 0.1) is 0 Å². The smallest absolute Gasteiger partial charge is 0.126 e. The number of unbranched alkanes of at least 4 members (excludes halogenated alkanes) is 1. The first kappa shape index (κ1) is 10.8. The number of hydrogen-bond donors (Lipinski definition) is 0. The zero-order valence-corrected chi connectivity index (χ0v) is 8.99. The Hall–Kier alpha value is -1.24. The molecule has 1 heteroatoms. The predicted molar refractivity (Wildman–Crippen MR) is 61.6 cm³/mol. The first-order valence-corrected chi connectivity index (χ1v) is 5.26. The molecule has 0 saturated heterocycles. The third kappa shape index (κ3) is 3.25. The van der Waals surface area contributed by atoms with E-state index in [9.17, 15) is 0 Å². The number of rotatable bonds is 5. The van der Waals surface area contributed by atoms with Crippen molar-refractivity contribution >= 4 is 6.08 Å². The van der Waals surface area contributed by atoms with Gasteiger partial charge in [-0.3, -0.25) is 0 Å². The van der Waals surface area contributed by atoms with Crippen LogP contribution in [0.5, 0.6) is 5.75 Å². The van der Waals surface area contributed by atoms with Crippen molar-refractivity contribution in [3.63, 3.8) is 0 Å². The number of benzene rings is 1. The van der Waals surface area contributed by atoms with Gasteiger partial charge in [-0.15, -0.1) is 0 Å².